The minimum atomic E-state index is -0.331. The van der Waals surface area contributed by atoms with Gasteiger partial charge in [0.1, 0.15) is 5.75 Å². The summed E-state index contributed by atoms with van der Waals surface area (Å²) in [5, 5.41) is 11.4. The number of nitrogens with one attached hydrogen (secondary N) is 1. The zero-order chi connectivity index (χ0) is 20.9. The zero-order valence-corrected chi connectivity index (χ0v) is 16.8. The molecular formula is C22H18ClN3O4. The Balaban J connectivity index is 1.55. The number of anilines is 1. The van der Waals surface area contributed by atoms with Gasteiger partial charge in [-0.2, -0.15) is 0 Å². The largest absolute Gasteiger partial charge is 0.493 e. The van der Waals surface area contributed by atoms with Crippen LogP contribution in [0.2, 0.25) is 5.02 Å². The van der Waals surface area contributed by atoms with E-state index in [0.717, 1.165) is 6.42 Å². The number of rotatable bonds is 7. The first-order chi connectivity index (χ1) is 14.6. The Morgan fingerprint density at radius 3 is 2.77 bits per heavy atom. The average molecular weight is 424 g/mol. The van der Waals surface area contributed by atoms with Crippen molar-refractivity contribution in [3.8, 4) is 28.9 Å². The van der Waals surface area contributed by atoms with E-state index in [-0.39, 0.29) is 11.8 Å². The third-order valence-corrected chi connectivity index (χ3v) is 4.41. The molecule has 0 aliphatic rings. The fourth-order valence-electron chi connectivity index (χ4n) is 2.79. The first-order valence-electron chi connectivity index (χ1n) is 9.35. The van der Waals surface area contributed by atoms with Crippen molar-refractivity contribution >= 4 is 23.2 Å². The number of hydrogen-bond donors (Lipinski definition) is 1. The monoisotopic (exact) mass is 423 g/mol. The van der Waals surface area contributed by atoms with Crippen molar-refractivity contribution in [3.63, 3.8) is 0 Å². The number of ether oxygens (including phenoxy) is 1. The summed E-state index contributed by atoms with van der Waals surface area (Å²) in [6.45, 7) is 2.50. The first kappa shape index (κ1) is 19.7. The molecule has 4 rings (SSSR count). The fraction of sp³-hybridized carbons (Fsp3) is 0.136. The van der Waals surface area contributed by atoms with Gasteiger partial charge in [-0.3, -0.25) is 4.79 Å². The van der Waals surface area contributed by atoms with E-state index >= 15 is 0 Å². The van der Waals surface area contributed by atoms with Crippen molar-refractivity contribution in [1.82, 2.24) is 10.2 Å². The van der Waals surface area contributed by atoms with Crippen LogP contribution < -0.4 is 10.1 Å². The van der Waals surface area contributed by atoms with Crippen molar-refractivity contribution in [2.24, 2.45) is 0 Å². The number of benzene rings is 2. The smallest absolute Gasteiger partial charge is 0.283 e. The van der Waals surface area contributed by atoms with Gasteiger partial charge in [0.05, 0.1) is 18.4 Å². The standard InChI is InChI=1S/C22H18ClN3O4/c1-2-10-28-18-9-8-15(23)13-17(18)20(27)24-16-6-3-5-14(12-16)21-25-26-22(30-21)19-7-4-11-29-19/h3-9,11-13H,2,10H2,1H3,(H,24,27). The molecule has 7 nitrogen and oxygen atoms in total. The van der Waals surface area contributed by atoms with Crippen LogP contribution in [0, 0.1) is 0 Å². The van der Waals surface area contributed by atoms with E-state index in [4.69, 9.17) is 25.2 Å². The molecule has 0 saturated carbocycles. The Morgan fingerprint density at radius 2 is 1.97 bits per heavy atom. The molecule has 1 N–H and O–H groups in total. The second kappa shape index (κ2) is 8.84. The molecule has 0 atom stereocenters. The van der Waals surface area contributed by atoms with Gasteiger partial charge < -0.3 is 18.9 Å². The van der Waals surface area contributed by atoms with Crippen LogP contribution in [0.3, 0.4) is 0 Å². The number of furan rings is 1. The quantitative estimate of drug-likeness (QED) is 0.410. The SMILES string of the molecule is CCCOc1ccc(Cl)cc1C(=O)Nc1cccc(-c2nnc(-c3ccco3)o2)c1. The van der Waals surface area contributed by atoms with Gasteiger partial charge in [-0.05, 0) is 55.0 Å². The Hall–Kier alpha value is -3.58. The van der Waals surface area contributed by atoms with Gasteiger partial charge >= 0.3 is 0 Å². The Bertz CT molecular complexity index is 1150. The molecular weight excluding hydrogens is 406 g/mol. The number of amides is 1. The second-order valence-electron chi connectivity index (χ2n) is 6.41. The molecule has 2 aromatic heterocycles. The van der Waals surface area contributed by atoms with E-state index in [2.05, 4.69) is 15.5 Å². The number of carbonyl (C=O) groups excluding carboxylic acids is 1. The molecule has 0 unspecified atom stereocenters. The van der Waals surface area contributed by atoms with Crippen molar-refractivity contribution in [2.45, 2.75) is 13.3 Å². The maximum Gasteiger partial charge on any atom is 0.283 e. The van der Waals surface area contributed by atoms with Crippen LogP contribution in [0.15, 0.2) is 69.7 Å². The lowest BCUT2D eigenvalue weighted by atomic mass is 10.1. The molecule has 0 aliphatic carbocycles. The summed E-state index contributed by atoms with van der Waals surface area (Å²) in [7, 11) is 0. The summed E-state index contributed by atoms with van der Waals surface area (Å²) in [5.74, 6) is 1.23. The molecule has 4 aromatic rings. The predicted octanol–water partition coefficient (Wildman–Crippen LogP) is 5.69. The highest BCUT2D eigenvalue weighted by molar-refractivity contribution is 6.31. The summed E-state index contributed by atoms with van der Waals surface area (Å²) in [5.41, 5.74) is 1.59. The second-order valence-corrected chi connectivity index (χ2v) is 6.85. The molecule has 0 bridgehead atoms. The molecule has 1 amide bonds. The van der Waals surface area contributed by atoms with Crippen molar-refractivity contribution < 1.29 is 18.4 Å². The maximum absolute atomic E-state index is 12.8. The molecule has 0 radical (unpaired) electrons. The van der Waals surface area contributed by atoms with E-state index < -0.39 is 0 Å². The number of nitrogens with zero attached hydrogens (tertiary/aromatic N) is 2. The highest BCUT2D eigenvalue weighted by Gasteiger charge is 2.16. The Kier molecular flexibility index (Phi) is 5.81. The van der Waals surface area contributed by atoms with Crippen molar-refractivity contribution in [2.75, 3.05) is 11.9 Å². The topological polar surface area (TPSA) is 90.4 Å². The van der Waals surface area contributed by atoms with Gasteiger partial charge in [-0.15, -0.1) is 10.2 Å². The highest BCUT2D eigenvalue weighted by atomic mass is 35.5. The predicted molar refractivity (Wildman–Crippen MR) is 113 cm³/mol. The van der Waals surface area contributed by atoms with E-state index in [1.807, 2.05) is 13.0 Å². The lowest BCUT2D eigenvalue weighted by molar-refractivity contribution is 0.102. The molecule has 30 heavy (non-hydrogen) atoms. The van der Waals surface area contributed by atoms with Gasteiger partial charge in [0.15, 0.2) is 5.76 Å². The molecule has 8 heteroatoms. The lowest BCUT2D eigenvalue weighted by Gasteiger charge is -2.12. The van der Waals surface area contributed by atoms with Crippen LogP contribution in [0.4, 0.5) is 5.69 Å². The van der Waals surface area contributed by atoms with Crippen LogP contribution in [0.25, 0.3) is 23.1 Å². The van der Waals surface area contributed by atoms with E-state index in [9.17, 15) is 4.79 Å². The van der Waals surface area contributed by atoms with Gasteiger partial charge in [-0.25, -0.2) is 0 Å². The molecule has 152 valence electrons. The van der Waals surface area contributed by atoms with Gasteiger partial charge in [0, 0.05) is 16.3 Å². The van der Waals surface area contributed by atoms with Crippen LogP contribution in [0.1, 0.15) is 23.7 Å². The zero-order valence-electron chi connectivity index (χ0n) is 16.1. The Labute approximate surface area is 177 Å². The van der Waals surface area contributed by atoms with Crippen molar-refractivity contribution in [3.05, 3.63) is 71.4 Å². The summed E-state index contributed by atoms with van der Waals surface area (Å²) >= 11 is 6.08. The van der Waals surface area contributed by atoms with Crippen LogP contribution in [-0.2, 0) is 0 Å². The summed E-state index contributed by atoms with van der Waals surface area (Å²) < 4.78 is 16.6. The minimum Gasteiger partial charge on any atom is -0.493 e. The number of aromatic nitrogens is 2. The molecule has 0 aliphatic heterocycles. The molecule has 0 spiro atoms. The summed E-state index contributed by atoms with van der Waals surface area (Å²) in [4.78, 5) is 12.8. The summed E-state index contributed by atoms with van der Waals surface area (Å²) in [6, 6.07) is 15.5. The molecule has 2 heterocycles. The van der Waals surface area contributed by atoms with E-state index in [1.165, 1.54) is 6.26 Å². The summed E-state index contributed by atoms with van der Waals surface area (Å²) in [6.07, 6.45) is 2.36. The first-order valence-corrected chi connectivity index (χ1v) is 9.73. The minimum absolute atomic E-state index is 0.279. The van der Waals surface area contributed by atoms with Crippen molar-refractivity contribution in [1.29, 1.82) is 0 Å². The third kappa shape index (κ3) is 4.36. The van der Waals surface area contributed by atoms with Crippen LogP contribution in [-0.4, -0.2) is 22.7 Å². The number of hydrogen-bond acceptors (Lipinski definition) is 6. The van der Waals surface area contributed by atoms with E-state index in [0.29, 0.717) is 45.8 Å². The normalized spacial score (nSPS) is 10.7. The van der Waals surface area contributed by atoms with Crippen LogP contribution >= 0.6 is 11.6 Å². The molecule has 0 saturated heterocycles. The van der Waals surface area contributed by atoms with Gasteiger partial charge in [-0.1, -0.05) is 24.6 Å². The number of halogens is 1. The molecule has 0 fully saturated rings. The lowest BCUT2D eigenvalue weighted by Crippen LogP contribution is -2.14. The Morgan fingerprint density at radius 1 is 1.10 bits per heavy atom. The fourth-order valence-corrected chi connectivity index (χ4v) is 2.96. The van der Waals surface area contributed by atoms with Gasteiger partial charge in [0.25, 0.3) is 11.8 Å². The van der Waals surface area contributed by atoms with Gasteiger partial charge in [0.2, 0.25) is 5.89 Å². The maximum atomic E-state index is 12.8. The third-order valence-electron chi connectivity index (χ3n) is 4.17. The average Bonchev–Trinajstić information content (AvgIpc) is 3.45. The van der Waals surface area contributed by atoms with Crippen LogP contribution in [0.5, 0.6) is 5.75 Å². The molecule has 2 aromatic carbocycles. The number of carbonyl (C=O) groups is 1. The van der Waals surface area contributed by atoms with E-state index in [1.54, 1.807) is 48.5 Å². The highest BCUT2D eigenvalue weighted by Crippen LogP contribution is 2.27.